The van der Waals surface area contributed by atoms with Crippen molar-refractivity contribution in [2.45, 2.75) is 78.7 Å². The molecule has 2 atom stereocenters. The zero-order valence-electron chi connectivity index (χ0n) is 14.7. The molecule has 0 heterocycles. The van der Waals surface area contributed by atoms with E-state index in [9.17, 15) is 5.11 Å². The Hall–Kier alpha value is -0.820. The fraction of sp³-hybridized carbons (Fsp3) is 0.700. The summed E-state index contributed by atoms with van der Waals surface area (Å²) in [4.78, 5) is 0. The van der Waals surface area contributed by atoms with Crippen molar-refractivity contribution in [3.8, 4) is 0 Å². The quantitative estimate of drug-likeness (QED) is 0.604. The van der Waals surface area contributed by atoms with E-state index in [0.29, 0.717) is 11.8 Å². The first-order valence-electron chi connectivity index (χ1n) is 8.53. The van der Waals surface area contributed by atoms with E-state index in [0.717, 1.165) is 38.5 Å². The molecule has 0 aliphatic heterocycles. The highest BCUT2D eigenvalue weighted by Gasteiger charge is 2.22. The zero-order valence-corrected chi connectivity index (χ0v) is 14.7. The first kappa shape index (κ1) is 18.2. The zero-order chi connectivity index (χ0) is 15.9. The topological polar surface area (TPSA) is 20.2 Å². The third-order valence-electron chi connectivity index (χ3n) is 4.67. The highest BCUT2D eigenvalue weighted by molar-refractivity contribution is 5.18. The minimum absolute atomic E-state index is 0.518. The first-order valence-corrected chi connectivity index (χ1v) is 8.53. The summed E-state index contributed by atoms with van der Waals surface area (Å²) >= 11 is 0. The summed E-state index contributed by atoms with van der Waals surface area (Å²) in [6.45, 7) is 10.9. The van der Waals surface area contributed by atoms with Crippen LogP contribution in [0.15, 0.2) is 35.5 Å². The van der Waals surface area contributed by atoms with Gasteiger partial charge in [-0.3, -0.25) is 0 Å². The Morgan fingerprint density at radius 3 is 2.57 bits per heavy atom. The monoisotopic (exact) mass is 290 g/mol. The van der Waals surface area contributed by atoms with Crippen LogP contribution in [-0.4, -0.2) is 10.7 Å². The van der Waals surface area contributed by atoms with E-state index in [4.69, 9.17) is 0 Å². The second-order valence-corrected chi connectivity index (χ2v) is 7.39. The molecule has 0 amide bonds. The smallest absolute Gasteiger partial charge is 0.0620 e. The molecule has 0 unspecified atom stereocenters. The van der Waals surface area contributed by atoms with Crippen LogP contribution in [-0.2, 0) is 0 Å². The van der Waals surface area contributed by atoms with Crippen LogP contribution in [0.5, 0.6) is 0 Å². The van der Waals surface area contributed by atoms with E-state index >= 15 is 0 Å². The molecule has 0 aromatic carbocycles. The van der Waals surface area contributed by atoms with Gasteiger partial charge in [0.05, 0.1) is 5.60 Å². The van der Waals surface area contributed by atoms with Crippen LogP contribution in [0.4, 0.5) is 0 Å². The van der Waals surface area contributed by atoms with E-state index in [1.54, 1.807) is 0 Å². The van der Waals surface area contributed by atoms with Gasteiger partial charge >= 0.3 is 0 Å². The van der Waals surface area contributed by atoms with E-state index in [1.807, 2.05) is 6.92 Å². The third-order valence-corrected chi connectivity index (χ3v) is 4.67. The Kier molecular flexibility index (Phi) is 7.45. The van der Waals surface area contributed by atoms with Crippen molar-refractivity contribution in [1.29, 1.82) is 0 Å². The molecule has 0 spiro atoms. The Morgan fingerprint density at radius 1 is 1.19 bits per heavy atom. The summed E-state index contributed by atoms with van der Waals surface area (Å²) in [5, 5.41) is 10.6. The molecule has 0 saturated heterocycles. The molecule has 0 fully saturated rings. The molecule has 1 nitrogen and oxygen atoms in total. The number of hydrogen-bond acceptors (Lipinski definition) is 1. The van der Waals surface area contributed by atoms with Gasteiger partial charge in [0.2, 0.25) is 0 Å². The molecule has 21 heavy (non-hydrogen) atoms. The van der Waals surface area contributed by atoms with Gasteiger partial charge in [-0.25, -0.2) is 0 Å². The van der Waals surface area contributed by atoms with Crippen LogP contribution < -0.4 is 0 Å². The van der Waals surface area contributed by atoms with Crippen molar-refractivity contribution in [1.82, 2.24) is 0 Å². The molecule has 1 heteroatoms. The van der Waals surface area contributed by atoms with Crippen LogP contribution in [0.3, 0.4) is 0 Å². The van der Waals surface area contributed by atoms with Gasteiger partial charge in [-0.2, -0.15) is 0 Å². The average Bonchev–Trinajstić information content (AvgIpc) is 2.37. The molecular weight excluding hydrogens is 256 g/mol. The second-order valence-electron chi connectivity index (χ2n) is 7.39. The summed E-state index contributed by atoms with van der Waals surface area (Å²) in [7, 11) is 0. The first-order chi connectivity index (χ1) is 9.80. The molecule has 1 aliphatic carbocycles. The number of hydrogen-bond donors (Lipinski definition) is 1. The maximum atomic E-state index is 10.6. The highest BCUT2D eigenvalue weighted by atomic mass is 16.3. The molecule has 1 rings (SSSR count). The minimum Gasteiger partial charge on any atom is -0.390 e. The van der Waals surface area contributed by atoms with Crippen LogP contribution in [0.2, 0.25) is 0 Å². The fourth-order valence-electron chi connectivity index (χ4n) is 2.89. The lowest BCUT2D eigenvalue weighted by Gasteiger charge is -2.27. The van der Waals surface area contributed by atoms with Gasteiger partial charge in [-0.15, -0.1) is 0 Å². The van der Waals surface area contributed by atoms with Gasteiger partial charge in [0, 0.05) is 0 Å². The third kappa shape index (κ3) is 7.66. The molecule has 0 radical (unpaired) electrons. The molecule has 1 N–H and O–H groups in total. The molecule has 0 bridgehead atoms. The highest BCUT2D eigenvalue weighted by Crippen LogP contribution is 2.27. The van der Waals surface area contributed by atoms with Crippen molar-refractivity contribution < 1.29 is 5.11 Å². The molecular formula is C20H34O. The molecule has 0 aromatic heterocycles. The molecule has 120 valence electrons. The minimum atomic E-state index is -0.518. The van der Waals surface area contributed by atoms with Gasteiger partial charge in [-0.1, -0.05) is 49.3 Å². The van der Waals surface area contributed by atoms with E-state index in [-0.39, 0.29) is 0 Å². The summed E-state index contributed by atoms with van der Waals surface area (Å²) < 4.78 is 0. The lowest BCUT2D eigenvalue weighted by molar-refractivity contribution is 0.0337. The van der Waals surface area contributed by atoms with Gasteiger partial charge in [0.1, 0.15) is 0 Å². The predicted molar refractivity (Wildman–Crippen MR) is 93.3 cm³/mol. The second kappa shape index (κ2) is 8.58. The summed E-state index contributed by atoms with van der Waals surface area (Å²) in [5.41, 5.74) is 2.26. The lowest BCUT2D eigenvalue weighted by Crippen LogP contribution is -2.25. The van der Waals surface area contributed by atoms with Crippen LogP contribution in [0.25, 0.3) is 0 Å². The Balaban J connectivity index is 2.87. The van der Waals surface area contributed by atoms with E-state index in [1.165, 1.54) is 11.1 Å². The molecule has 0 aromatic rings. The van der Waals surface area contributed by atoms with E-state index < -0.39 is 5.60 Å². The summed E-state index contributed by atoms with van der Waals surface area (Å²) in [6.07, 6.45) is 15.3. The van der Waals surface area contributed by atoms with Crippen molar-refractivity contribution >= 4 is 0 Å². The maximum Gasteiger partial charge on any atom is 0.0620 e. The Labute approximate surface area is 131 Å². The average molecular weight is 290 g/mol. The standard InChI is InChI=1S/C20H34O/c1-16(2)19-12-11-18(4)9-6-8-17(3)10-7-14-20(5,21)15-13-19/h8-9,11-12,16,19,21H,6-7,10,13-15H2,1-5H3/b12-11?,17-8-,18-9?/t19-,20+/m0/s1. The normalized spacial score (nSPS) is 32.2. The number of rotatable bonds is 1. The van der Waals surface area contributed by atoms with Crippen molar-refractivity contribution in [2.75, 3.05) is 0 Å². The van der Waals surface area contributed by atoms with Crippen molar-refractivity contribution in [2.24, 2.45) is 11.8 Å². The van der Waals surface area contributed by atoms with Gasteiger partial charge < -0.3 is 5.11 Å². The van der Waals surface area contributed by atoms with Gasteiger partial charge in [-0.05, 0) is 71.1 Å². The van der Waals surface area contributed by atoms with Crippen LogP contribution >= 0.6 is 0 Å². The molecule has 0 saturated carbocycles. The summed E-state index contributed by atoms with van der Waals surface area (Å²) in [5.74, 6) is 1.18. The number of aliphatic hydroxyl groups is 1. The van der Waals surface area contributed by atoms with Crippen LogP contribution in [0, 0.1) is 11.8 Å². The summed E-state index contributed by atoms with van der Waals surface area (Å²) in [6, 6.07) is 0. The van der Waals surface area contributed by atoms with E-state index in [2.05, 4.69) is 52.0 Å². The maximum absolute atomic E-state index is 10.6. The Bertz CT molecular complexity index is 396. The Morgan fingerprint density at radius 2 is 1.90 bits per heavy atom. The number of allylic oxidation sites excluding steroid dienone is 6. The van der Waals surface area contributed by atoms with Crippen LogP contribution in [0.1, 0.15) is 73.1 Å². The van der Waals surface area contributed by atoms with Crippen molar-refractivity contribution in [3.63, 3.8) is 0 Å². The SMILES string of the molecule is CC1=CC/C=C(/C)CCC[C@@](C)(O)CC[C@@H](C(C)C)C=C1. The van der Waals surface area contributed by atoms with Gasteiger partial charge in [0.25, 0.3) is 0 Å². The molecule has 1 aliphatic rings. The lowest BCUT2D eigenvalue weighted by atomic mass is 9.84. The van der Waals surface area contributed by atoms with Crippen molar-refractivity contribution in [3.05, 3.63) is 35.5 Å². The predicted octanol–water partition coefficient (Wildman–Crippen LogP) is 5.81. The largest absolute Gasteiger partial charge is 0.390 e. The fourth-order valence-corrected chi connectivity index (χ4v) is 2.89. The van der Waals surface area contributed by atoms with Gasteiger partial charge in [0.15, 0.2) is 0 Å².